The molecule has 1 amide bonds. The number of amides is 1. The molecule has 4 nitrogen and oxygen atoms in total. The third kappa shape index (κ3) is 3.32. The summed E-state index contributed by atoms with van der Waals surface area (Å²) in [6, 6.07) is 1.20. The lowest BCUT2D eigenvalue weighted by molar-refractivity contribution is -0.184. The first-order chi connectivity index (χ1) is 9.29. The molecule has 0 aliphatic carbocycles. The van der Waals surface area contributed by atoms with Crippen LogP contribution in [0.5, 0.6) is 0 Å². The van der Waals surface area contributed by atoms with Gasteiger partial charge in [0.25, 0.3) is 5.91 Å². The van der Waals surface area contributed by atoms with Crippen molar-refractivity contribution in [2.75, 3.05) is 13.1 Å². The molecule has 20 heavy (non-hydrogen) atoms. The number of hydrogen-bond acceptors (Lipinski definition) is 3. The lowest BCUT2D eigenvalue weighted by Crippen LogP contribution is -2.44. The summed E-state index contributed by atoms with van der Waals surface area (Å²) in [4.78, 5) is 13.3. The van der Waals surface area contributed by atoms with Crippen LogP contribution in [0.2, 0.25) is 10.3 Å². The van der Waals surface area contributed by atoms with Crippen molar-refractivity contribution >= 4 is 29.1 Å². The average Bonchev–Trinajstić information content (AvgIpc) is 2.40. The average molecular weight is 328 g/mol. The van der Waals surface area contributed by atoms with Crippen molar-refractivity contribution in [1.82, 2.24) is 15.1 Å². The number of carbonyl (C=O) groups is 1. The van der Waals surface area contributed by atoms with Crippen molar-refractivity contribution in [2.24, 2.45) is 5.92 Å². The maximum Gasteiger partial charge on any atom is 0.393 e. The van der Waals surface area contributed by atoms with E-state index in [1.54, 1.807) is 0 Å². The van der Waals surface area contributed by atoms with Crippen LogP contribution in [0.3, 0.4) is 0 Å². The van der Waals surface area contributed by atoms with E-state index >= 15 is 0 Å². The van der Waals surface area contributed by atoms with Crippen molar-refractivity contribution in [3.8, 4) is 0 Å². The van der Waals surface area contributed by atoms with Crippen molar-refractivity contribution in [1.29, 1.82) is 0 Å². The van der Waals surface area contributed by atoms with Gasteiger partial charge in [-0.2, -0.15) is 13.2 Å². The molecule has 9 heteroatoms. The highest BCUT2D eigenvalue weighted by molar-refractivity contribution is 6.34. The number of hydrogen-bond donors (Lipinski definition) is 0. The van der Waals surface area contributed by atoms with E-state index in [2.05, 4.69) is 10.2 Å². The number of nitrogens with zero attached hydrogens (tertiary/aromatic N) is 3. The first-order valence-corrected chi connectivity index (χ1v) is 6.59. The van der Waals surface area contributed by atoms with Crippen LogP contribution in [-0.4, -0.2) is 40.3 Å². The maximum absolute atomic E-state index is 12.7. The zero-order valence-electron chi connectivity index (χ0n) is 10.1. The van der Waals surface area contributed by atoms with Crippen molar-refractivity contribution in [3.63, 3.8) is 0 Å². The zero-order chi connectivity index (χ0) is 14.9. The SMILES string of the molecule is O=C(c1cc(Cl)nnc1Cl)N1CCCC(C(F)(F)F)C1. The molecule has 0 N–H and O–H groups in total. The predicted octanol–water partition coefficient (Wildman–Crippen LogP) is 3.20. The van der Waals surface area contributed by atoms with Gasteiger partial charge in [0.15, 0.2) is 10.3 Å². The fourth-order valence-corrected chi connectivity index (χ4v) is 2.42. The van der Waals surface area contributed by atoms with Crippen LogP contribution < -0.4 is 0 Å². The Kier molecular flexibility index (Phi) is 4.39. The largest absolute Gasteiger partial charge is 0.393 e. The van der Waals surface area contributed by atoms with Crippen LogP contribution in [0.1, 0.15) is 23.2 Å². The van der Waals surface area contributed by atoms with E-state index in [0.29, 0.717) is 6.42 Å². The summed E-state index contributed by atoms with van der Waals surface area (Å²) in [5.74, 6) is -2.12. The summed E-state index contributed by atoms with van der Waals surface area (Å²) in [6.07, 6.45) is -3.99. The second kappa shape index (κ2) is 5.73. The molecule has 0 bridgehead atoms. The molecule has 1 atom stereocenters. The van der Waals surface area contributed by atoms with E-state index in [4.69, 9.17) is 23.2 Å². The van der Waals surface area contributed by atoms with Gasteiger partial charge in [-0.05, 0) is 18.9 Å². The van der Waals surface area contributed by atoms with E-state index in [-0.39, 0.29) is 35.4 Å². The number of aromatic nitrogens is 2. The van der Waals surface area contributed by atoms with E-state index in [9.17, 15) is 18.0 Å². The molecule has 1 saturated heterocycles. The summed E-state index contributed by atoms with van der Waals surface area (Å²) in [5, 5.41) is 6.72. The fraction of sp³-hybridized carbons (Fsp3) is 0.545. The van der Waals surface area contributed by atoms with Crippen LogP contribution in [0, 0.1) is 5.92 Å². The molecule has 110 valence electrons. The highest BCUT2D eigenvalue weighted by Gasteiger charge is 2.43. The quantitative estimate of drug-likeness (QED) is 0.795. The van der Waals surface area contributed by atoms with Gasteiger partial charge in [0.05, 0.1) is 11.5 Å². The molecule has 1 aliphatic rings. The molecular weight excluding hydrogens is 318 g/mol. The van der Waals surface area contributed by atoms with Gasteiger partial charge in [-0.25, -0.2) is 0 Å². The normalized spacial score (nSPS) is 20.1. The van der Waals surface area contributed by atoms with Crippen LogP contribution in [0.15, 0.2) is 6.07 Å². The molecule has 2 heterocycles. The minimum Gasteiger partial charge on any atom is -0.338 e. The molecule has 1 aromatic rings. The van der Waals surface area contributed by atoms with Gasteiger partial charge in [0.1, 0.15) is 0 Å². The highest BCUT2D eigenvalue weighted by atomic mass is 35.5. The van der Waals surface area contributed by atoms with Gasteiger partial charge in [0, 0.05) is 13.1 Å². The molecule has 1 aliphatic heterocycles. The molecule has 0 saturated carbocycles. The van der Waals surface area contributed by atoms with E-state index < -0.39 is 18.0 Å². The molecule has 1 unspecified atom stereocenters. The number of carbonyl (C=O) groups excluding carboxylic acids is 1. The van der Waals surface area contributed by atoms with E-state index in [1.165, 1.54) is 6.07 Å². The third-order valence-electron chi connectivity index (χ3n) is 3.12. The number of rotatable bonds is 1. The summed E-state index contributed by atoms with van der Waals surface area (Å²) < 4.78 is 38.1. The minimum atomic E-state index is -4.31. The Morgan fingerprint density at radius 1 is 1.35 bits per heavy atom. The monoisotopic (exact) mass is 327 g/mol. The number of alkyl halides is 3. The number of halogens is 5. The second-order valence-electron chi connectivity index (χ2n) is 4.50. The number of piperidine rings is 1. The number of likely N-dealkylation sites (tertiary alicyclic amines) is 1. The Bertz CT molecular complexity index is 524. The molecule has 0 aromatic carbocycles. The van der Waals surface area contributed by atoms with Gasteiger partial charge < -0.3 is 4.90 Å². The van der Waals surface area contributed by atoms with Crippen LogP contribution in [0.4, 0.5) is 13.2 Å². The van der Waals surface area contributed by atoms with Gasteiger partial charge in [-0.1, -0.05) is 23.2 Å². The molecule has 2 rings (SSSR count). The lowest BCUT2D eigenvalue weighted by Gasteiger charge is -2.33. The molecule has 1 fully saturated rings. The van der Waals surface area contributed by atoms with Gasteiger partial charge in [0.2, 0.25) is 0 Å². The summed E-state index contributed by atoms with van der Waals surface area (Å²) in [7, 11) is 0. The highest BCUT2D eigenvalue weighted by Crippen LogP contribution is 2.33. The van der Waals surface area contributed by atoms with E-state index in [0.717, 1.165) is 4.90 Å². The first-order valence-electron chi connectivity index (χ1n) is 5.83. The lowest BCUT2D eigenvalue weighted by atomic mass is 9.97. The van der Waals surface area contributed by atoms with Gasteiger partial charge in [-0.3, -0.25) is 4.79 Å². The summed E-state index contributed by atoms with van der Waals surface area (Å²) in [5.41, 5.74) is -0.0329. The zero-order valence-corrected chi connectivity index (χ0v) is 11.6. The van der Waals surface area contributed by atoms with Crippen molar-refractivity contribution in [3.05, 3.63) is 21.9 Å². The van der Waals surface area contributed by atoms with Crippen molar-refractivity contribution < 1.29 is 18.0 Å². The molecular formula is C11H10Cl2F3N3O. The van der Waals surface area contributed by atoms with Gasteiger partial charge >= 0.3 is 6.18 Å². The standard InChI is InChI=1S/C11H10Cl2F3N3O/c12-8-4-7(9(13)18-17-8)10(20)19-3-1-2-6(5-19)11(14,15)16/h4,6H,1-3,5H2. The second-order valence-corrected chi connectivity index (χ2v) is 5.25. The smallest absolute Gasteiger partial charge is 0.338 e. The molecule has 0 radical (unpaired) electrons. The Balaban J connectivity index is 2.18. The van der Waals surface area contributed by atoms with Crippen LogP contribution >= 0.6 is 23.2 Å². The topological polar surface area (TPSA) is 46.1 Å². The third-order valence-corrected chi connectivity index (χ3v) is 3.58. The van der Waals surface area contributed by atoms with Crippen LogP contribution in [-0.2, 0) is 0 Å². The summed E-state index contributed by atoms with van der Waals surface area (Å²) in [6.45, 7) is -0.125. The predicted molar refractivity (Wildman–Crippen MR) is 66.7 cm³/mol. The first kappa shape index (κ1) is 15.3. The Labute approximate surface area is 122 Å². The Morgan fingerprint density at radius 2 is 2.05 bits per heavy atom. The van der Waals surface area contributed by atoms with E-state index in [1.807, 2.05) is 0 Å². The summed E-state index contributed by atoms with van der Waals surface area (Å²) >= 11 is 11.4. The van der Waals surface area contributed by atoms with Crippen molar-refractivity contribution in [2.45, 2.75) is 19.0 Å². The maximum atomic E-state index is 12.7. The Hall–Kier alpha value is -1.08. The molecule has 0 spiro atoms. The van der Waals surface area contributed by atoms with Gasteiger partial charge in [-0.15, -0.1) is 10.2 Å². The molecule has 1 aromatic heterocycles. The minimum absolute atomic E-state index is 0.0242. The fourth-order valence-electron chi connectivity index (χ4n) is 2.10. The van der Waals surface area contributed by atoms with Crippen LogP contribution in [0.25, 0.3) is 0 Å². The Morgan fingerprint density at radius 3 is 2.70 bits per heavy atom.